The van der Waals surface area contributed by atoms with Crippen LogP contribution in [0.1, 0.15) is 5.56 Å². The summed E-state index contributed by atoms with van der Waals surface area (Å²) in [6.07, 6.45) is 0. The van der Waals surface area contributed by atoms with Gasteiger partial charge in [0.1, 0.15) is 0 Å². The third-order valence-corrected chi connectivity index (χ3v) is 6.22. The number of nitro benzene ring substituents is 1. The Bertz CT molecular complexity index is 884. The topological polar surface area (TPSA) is 92.5 Å². The number of hydrogen-bond acceptors (Lipinski definition) is 5. The van der Waals surface area contributed by atoms with E-state index in [1.165, 1.54) is 28.6 Å². The summed E-state index contributed by atoms with van der Waals surface area (Å²) in [6.45, 7) is 1.35. The largest absolute Gasteiger partial charge is 0.311 e. The summed E-state index contributed by atoms with van der Waals surface area (Å²) in [7, 11) is -3.82. The van der Waals surface area contributed by atoms with Crippen LogP contribution in [0.3, 0.4) is 0 Å². The van der Waals surface area contributed by atoms with Crippen LogP contribution in [0.25, 0.3) is 0 Å². The molecular formula is C15H14BrN3O4S. The monoisotopic (exact) mass is 411 g/mol. The Morgan fingerprint density at radius 1 is 1.17 bits per heavy atom. The van der Waals surface area contributed by atoms with E-state index in [9.17, 15) is 18.5 Å². The van der Waals surface area contributed by atoms with Crippen molar-refractivity contribution >= 4 is 37.3 Å². The lowest BCUT2D eigenvalue weighted by atomic mass is 10.2. The Morgan fingerprint density at radius 2 is 1.88 bits per heavy atom. The Balaban J connectivity index is 2.08. The first kappa shape index (κ1) is 16.9. The molecule has 126 valence electrons. The van der Waals surface area contributed by atoms with Crippen molar-refractivity contribution in [1.29, 1.82) is 0 Å². The van der Waals surface area contributed by atoms with Gasteiger partial charge in [0.05, 0.1) is 15.5 Å². The third-order valence-electron chi connectivity index (χ3n) is 3.76. The van der Waals surface area contributed by atoms with Gasteiger partial charge in [0.15, 0.2) is 0 Å². The maximum absolute atomic E-state index is 13.0. The molecule has 1 N–H and O–H groups in total. The molecule has 1 aliphatic rings. The number of fused-ring (bicyclic) bond motifs is 1. The number of halogens is 1. The lowest BCUT2D eigenvalue weighted by Gasteiger charge is -2.25. The maximum Gasteiger partial charge on any atom is 0.269 e. The van der Waals surface area contributed by atoms with Crippen LogP contribution < -0.4 is 9.62 Å². The predicted molar refractivity (Wildman–Crippen MR) is 93.5 cm³/mol. The van der Waals surface area contributed by atoms with Gasteiger partial charge in [0.2, 0.25) is 0 Å². The molecule has 9 heteroatoms. The van der Waals surface area contributed by atoms with E-state index in [4.69, 9.17) is 0 Å². The second kappa shape index (κ2) is 6.50. The summed E-state index contributed by atoms with van der Waals surface area (Å²) < 4.78 is 28.1. The minimum absolute atomic E-state index is 0.0247. The molecule has 3 rings (SSSR count). The quantitative estimate of drug-likeness (QED) is 0.618. The van der Waals surface area contributed by atoms with E-state index >= 15 is 0 Å². The fourth-order valence-electron chi connectivity index (χ4n) is 2.60. The van der Waals surface area contributed by atoms with E-state index < -0.39 is 14.9 Å². The maximum atomic E-state index is 13.0. The summed E-state index contributed by atoms with van der Waals surface area (Å²) in [5.41, 5.74) is 1.32. The first-order chi connectivity index (χ1) is 11.4. The molecule has 0 amide bonds. The predicted octanol–water partition coefficient (Wildman–Crippen LogP) is 2.66. The number of sulfonamides is 1. The van der Waals surface area contributed by atoms with E-state index in [1.54, 1.807) is 6.07 Å². The number of para-hydroxylation sites is 1. The molecule has 0 saturated heterocycles. The van der Waals surface area contributed by atoms with Gasteiger partial charge in [-0.2, -0.15) is 0 Å². The van der Waals surface area contributed by atoms with Gasteiger partial charge in [-0.15, -0.1) is 0 Å². The van der Waals surface area contributed by atoms with E-state index in [1.807, 2.05) is 12.1 Å². The third kappa shape index (κ3) is 3.02. The van der Waals surface area contributed by atoms with E-state index in [-0.39, 0.29) is 17.1 Å². The fourth-order valence-corrected chi connectivity index (χ4v) is 4.87. The van der Waals surface area contributed by atoms with E-state index in [0.717, 1.165) is 5.56 Å². The molecule has 1 aliphatic heterocycles. The number of nitrogens with zero attached hydrogens (tertiary/aromatic N) is 2. The van der Waals surface area contributed by atoms with Crippen LogP contribution in [-0.4, -0.2) is 26.4 Å². The molecule has 0 atom stereocenters. The standard InChI is InChI=1S/C15H14BrN3O4S/c16-14-3-1-2-11-10-17-8-9-18(15(11)14)24(22,23)13-6-4-12(5-7-13)19(20)21/h1-7,17H,8-10H2. The van der Waals surface area contributed by atoms with Gasteiger partial charge in [-0.3, -0.25) is 14.4 Å². The number of rotatable bonds is 3. The van der Waals surface area contributed by atoms with Crippen molar-refractivity contribution in [2.45, 2.75) is 11.4 Å². The molecule has 1 heterocycles. The molecule has 0 bridgehead atoms. The summed E-state index contributed by atoms with van der Waals surface area (Å²) in [6, 6.07) is 10.4. The van der Waals surface area contributed by atoms with Crippen LogP contribution >= 0.6 is 15.9 Å². The van der Waals surface area contributed by atoms with Crippen LogP contribution in [0, 0.1) is 10.1 Å². The summed E-state index contributed by atoms with van der Waals surface area (Å²) >= 11 is 3.43. The van der Waals surface area contributed by atoms with Crippen LogP contribution in [0.5, 0.6) is 0 Å². The Hall–Kier alpha value is -1.97. The number of nitro groups is 1. The molecule has 0 saturated carbocycles. The highest BCUT2D eigenvalue weighted by atomic mass is 79.9. The van der Waals surface area contributed by atoms with Crippen LogP contribution in [0.4, 0.5) is 11.4 Å². The number of non-ortho nitro benzene ring substituents is 1. The molecule has 0 fully saturated rings. The van der Waals surface area contributed by atoms with Crippen molar-refractivity contribution < 1.29 is 13.3 Å². The van der Waals surface area contributed by atoms with Crippen molar-refractivity contribution in [3.8, 4) is 0 Å². The van der Waals surface area contributed by atoms with Crippen molar-refractivity contribution in [2.75, 3.05) is 17.4 Å². The van der Waals surface area contributed by atoms with Gasteiger partial charge in [-0.05, 0) is 39.7 Å². The minimum atomic E-state index is -3.82. The molecule has 0 unspecified atom stereocenters. The number of hydrogen-bond donors (Lipinski definition) is 1. The van der Waals surface area contributed by atoms with E-state index in [0.29, 0.717) is 23.2 Å². The minimum Gasteiger partial charge on any atom is -0.311 e. The Kier molecular flexibility index (Phi) is 4.57. The Morgan fingerprint density at radius 3 is 2.54 bits per heavy atom. The lowest BCUT2D eigenvalue weighted by molar-refractivity contribution is -0.384. The van der Waals surface area contributed by atoms with Crippen LogP contribution in [-0.2, 0) is 16.6 Å². The zero-order valence-electron chi connectivity index (χ0n) is 12.5. The number of nitrogens with one attached hydrogen (secondary N) is 1. The first-order valence-corrected chi connectivity index (χ1v) is 9.40. The summed E-state index contributed by atoms with van der Waals surface area (Å²) in [4.78, 5) is 10.2. The number of benzene rings is 2. The van der Waals surface area contributed by atoms with Gasteiger partial charge < -0.3 is 5.32 Å². The zero-order valence-corrected chi connectivity index (χ0v) is 14.9. The van der Waals surface area contributed by atoms with Gasteiger partial charge in [0.25, 0.3) is 15.7 Å². The average molecular weight is 412 g/mol. The molecule has 0 spiro atoms. The highest BCUT2D eigenvalue weighted by Crippen LogP contribution is 2.35. The highest BCUT2D eigenvalue weighted by Gasteiger charge is 2.29. The molecule has 24 heavy (non-hydrogen) atoms. The molecular weight excluding hydrogens is 398 g/mol. The molecule has 0 aliphatic carbocycles. The SMILES string of the molecule is O=[N+]([O-])c1ccc(S(=O)(=O)N2CCNCc3cccc(Br)c32)cc1. The van der Waals surface area contributed by atoms with Crippen molar-refractivity contribution in [3.63, 3.8) is 0 Å². The average Bonchev–Trinajstić information content (AvgIpc) is 2.79. The highest BCUT2D eigenvalue weighted by molar-refractivity contribution is 9.10. The van der Waals surface area contributed by atoms with Crippen LogP contribution in [0.15, 0.2) is 51.8 Å². The molecule has 0 radical (unpaired) electrons. The second-order valence-electron chi connectivity index (χ2n) is 5.25. The molecule has 0 aromatic heterocycles. The Labute approximate surface area is 147 Å². The van der Waals surface area contributed by atoms with Gasteiger partial charge in [-0.1, -0.05) is 12.1 Å². The van der Waals surface area contributed by atoms with E-state index in [2.05, 4.69) is 21.2 Å². The van der Waals surface area contributed by atoms with Crippen molar-refractivity contribution in [2.24, 2.45) is 0 Å². The molecule has 7 nitrogen and oxygen atoms in total. The van der Waals surface area contributed by atoms with Crippen LogP contribution in [0.2, 0.25) is 0 Å². The van der Waals surface area contributed by atoms with Gasteiger partial charge >= 0.3 is 0 Å². The summed E-state index contributed by atoms with van der Waals surface area (Å²) in [5, 5.41) is 13.9. The molecule has 2 aromatic carbocycles. The smallest absolute Gasteiger partial charge is 0.269 e. The second-order valence-corrected chi connectivity index (χ2v) is 7.97. The van der Waals surface area contributed by atoms with Crippen molar-refractivity contribution in [1.82, 2.24) is 5.32 Å². The normalized spacial score (nSPS) is 14.8. The number of anilines is 1. The zero-order chi connectivity index (χ0) is 17.3. The molecule has 2 aromatic rings. The van der Waals surface area contributed by atoms with Crippen molar-refractivity contribution in [3.05, 3.63) is 62.6 Å². The fraction of sp³-hybridized carbons (Fsp3) is 0.200. The van der Waals surface area contributed by atoms with Gasteiger partial charge in [-0.25, -0.2) is 8.42 Å². The van der Waals surface area contributed by atoms with Gasteiger partial charge in [0, 0.05) is 36.2 Å². The lowest BCUT2D eigenvalue weighted by Crippen LogP contribution is -2.35. The summed E-state index contributed by atoms with van der Waals surface area (Å²) in [5.74, 6) is 0. The first-order valence-electron chi connectivity index (χ1n) is 7.16.